The summed E-state index contributed by atoms with van der Waals surface area (Å²) in [4.78, 5) is 0. The zero-order valence-electron chi connectivity index (χ0n) is 10.7. The van der Waals surface area contributed by atoms with Gasteiger partial charge in [-0.1, -0.05) is 6.92 Å². The van der Waals surface area contributed by atoms with Crippen molar-refractivity contribution in [2.24, 2.45) is 7.05 Å². The quantitative estimate of drug-likeness (QED) is 0.790. The van der Waals surface area contributed by atoms with E-state index >= 15 is 0 Å². The van der Waals surface area contributed by atoms with Crippen molar-refractivity contribution in [1.29, 1.82) is 0 Å². The van der Waals surface area contributed by atoms with Gasteiger partial charge in [-0.3, -0.25) is 4.68 Å². The maximum absolute atomic E-state index is 11.1. The maximum atomic E-state index is 11.1. The van der Waals surface area contributed by atoms with Crippen molar-refractivity contribution in [1.82, 2.24) is 15.1 Å². The molecule has 0 fully saturated rings. The maximum Gasteiger partial charge on any atom is 0.147 e. The van der Waals surface area contributed by atoms with Crippen LogP contribution in [-0.2, 0) is 16.9 Å². The van der Waals surface area contributed by atoms with E-state index < -0.39 is 9.84 Å². The van der Waals surface area contributed by atoms with Crippen LogP contribution in [0, 0.1) is 0 Å². The van der Waals surface area contributed by atoms with Crippen molar-refractivity contribution in [3.8, 4) is 0 Å². The van der Waals surface area contributed by atoms with Crippen LogP contribution in [0.15, 0.2) is 12.4 Å². The molecule has 17 heavy (non-hydrogen) atoms. The Morgan fingerprint density at radius 2 is 2.24 bits per heavy atom. The van der Waals surface area contributed by atoms with Gasteiger partial charge in [-0.25, -0.2) is 8.42 Å². The van der Waals surface area contributed by atoms with Crippen LogP contribution < -0.4 is 5.32 Å². The van der Waals surface area contributed by atoms with Crippen LogP contribution in [0.5, 0.6) is 0 Å². The Kier molecular flexibility index (Phi) is 5.14. The van der Waals surface area contributed by atoms with Gasteiger partial charge in [0, 0.05) is 36.9 Å². The Morgan fingerprint density at radius 3 is 2.71 bits per heavy atom. The molecular weight excluding hydrogens is 238 g/mol. The van der Waals surface area contributed by atoms with Gasteiger partial charge in [-0.05, 0) is 19.4 Å². The Bertz CT molecular complexity index is 439. The molecule has 6 heteroatoms. The van der Waals surface area contributed by atoms with Crippen LogP contribution in [0.1, 0.15) is 31.4 Å². The Labute approximate surface area is 103 Å². The summed E-state index contributed by atoms with van der Waals surface area (Å²) in [7, 11) is -0.982. The highest BCUT2D eigenvalue weighted by atomic mass is 32.2. The largest absolute Gasteiger partial charge is 0.310 e. The normalized spacial score (nSPS) is 13.8. The zero-order chi connectivity index (χ0) is 12.9. The molecule has 0 aliphatic carbocycles. The van der Waals surface area contributed by atoms with Crippen LogP contribution >= 0.6 is 0 Å². The fourth-order valence-electron chi connectivity index (χ4n) is 1.80. The predicted molar refractivity (Wildman–Crippen MR) is 68.6 cm³/mol. The molecule has 1 rings (SSSR count). The number of nitrogens with one attached hydrogen (secondary N) is 1. The van der Waals surface area contributed by atoms with Gasteiger partial charge in [0.15, 0.2) is 0 Å². The average molecular weight is 259 g/mol. The van der Waals surface area contributed by atoms with E-state index in [1.54, 1.807) is 4.68 Å². The predicted octanol–water partition coefficient (Wildman–Crippen LogP) is 0.895. The average Bonchev–Trinajstić information content (AvgIpc) is 2.62. The second-order valence-electron chi connectivity index (χ2n) is 4.33. The number of nitrogens with zero attached hydrogens (tertiary/aromatic N) is 2. The van der Waals surface area contributed by atoms with Crippen LogP contribution in [0.25, 0.3) is 0 Å². The van der Waals surface area contributed by atoms with Crippen molar-refractivity contribution in [2.45, 2.75) is 25.8 Å². The van der Waals surface area contributed by atoms with E-state index in [0.717, 1.165) is 18.5 Å². The van der Waals surface area contributed by atoms with E-state index in [0.29, 0.717) is 6.42 Å². The lowest BCUT2D eigenvalue weighted by Gasteiger charge is -2.15. The molecule has 0 aliphatic rings. The zero-order valence-corrected chi connectivity index (χ0v) is 11.5. The first kappa shape index (κ1) is 14.2. The minimum absolute atomic E-state index is 0.190. The molecule has 1 unspecified atom stereocenters. The lowest BCUT2D eigenvalue weighted by atomic mass is 10.1. The van der Waals surface area contributed by atoms with Crippen LogP contribution in [-0.4, -0.2) is 36.8 Å². The molecule has 5 nitrogen and oxygen atoms in total. The van der Waals surface area contributed by atoms with E-state index in [-0.39, 0.29) is 11.8 Å². The molecule has 0 aromatic carbocycles. The fourth-order valence-corrected chi connectivity index (χ4v) is 2.49. The lowest BCUT2D eigenvalue weighted by Crippen LogP contribution is -2.21. The Hall–Kier alpha value is -0.880. The third kappa shape index (κ3) is 5.32. The van der Waals surface area contributed by atoms with Gasteiger partial charge in [0.2, 0.25) is 0 Å². The van der Waals surface area contributed by atoms with Crippen LogP contribution in [0.2, 0.25) is 0 Å². The Morgan fingerprint density at radius 1 is 1.53 bits per heavy atom. The molecule has 1 aromatic heterocycles. The molecule has 1 N–H and O–H groups in total. The van der Waals surface area contributed by atoms with Gasteiger partial charge in [0.1, 0.15) is 9.84 Å². The van der Waals surface area contributed by atoms with Crippen molar-refractivity contribution >= 4 is 9.84 Å². The van der Waals surface area contributed by atoms with E-state index in [1.807, 2.05) is 26.4 Å². The molecular formula is C11H21N3O2S. The third-order valence-electron chi connectivity index (χ3n) is 2.59. The van der Waals surface area contributed by atoms with Crippen LogP contribution in [0.3, 0.4) is 0 Å². The SMILES string of the molecule is CCNC(CCCS(C)(=O)=O)c1cnn(C)c1. The van der Waals surface area contributed by atoms with E-state index in [9.17, 15) is 8.42 Å². The number of aromatic nitrogens is 2. The molecule has 1 heterocycles. The topological polar surface area (TPSA) is 64.0 Å². The summed E-state index contributed by atoms with van der Waals surface area (Å²) in [5.41, 5.74) is 1.11. The molecule has 98 valence electrons. The minimum Gasteiger partial charge on any atom is -0.310 e. The number of aryl methyl sites for hydroxylation is 1. The van der Waals surface area contributed by atoms with Crippen molar-refractivity contribution in [3.63, 3.8) is 0 Å². The van der Waals surface area contributed by atoms with Gasteiger partial charge in [0.05, 0.1) is 6.20 Å². The second-order valence-corrected chi connectivity index (χ2v) is 6.59. The van der Waals surface area contributed by atoms with E-state index in [4.69, 9.17) is 0 Å². The molecule has 0 aliphatic heterocycles. The summed E-state index contributed by atoms with van der Waals surface area (Å²) >= 11 is 0. The van der Waals surface area contributed by atoms with E-state index in [1.165, 1.54) is 6.26 Å². The van der Waals surface area contributed by atoms with E-state index in [2.05, 4.69) is 10.4 Å². The van der Waals surface area contributed by atoms with Gasteiger partial charge >= 0.3 is 0 Å². The smallest absolute Gasteiger partial charge is 0.147 e. The third-order valence-corrected chi connectivity index (χ3v) is 3.62. The second kappa shape index (κ2) is 6.16. The number of sulfone groups is 1. The van der Waals surface area contributed by atoms with Crippen molar-refractivity contribution < 1.29 is 8.42 Å². The summed E-state index contributed by atoms with van der Waals surface area (Å²) in [6.07, 6.45) is 6.55. The summed E-state index contributed by atoms with van der Waals surface area (Å²) in [6, 6.07) is 0.190. The molecule has 0 saturated heterocycles. The molecule has 0 amide bonds. The number of hydrogen-bond donors (Lipinski definition) is 1. The molecule has 1 aromatic rings. The number of hydrogen-bond acceptors (Lipinski definition) is 4. The summed E-state index contributed by atoms with van der Waals surface area (Å²) in [6.45, 7) is 2.90. The standard InChI is InChI=1S/C11H21N3O2S/c1-4-12-11(6-5-7-17(3,15)16)10-8-13-14(2)9-10/h8-9,11-12H,4-7H2,1-3H3. The van der Waals surface area contributed by atoms with Gasteiger partial charge in [-0.15, -0.1) is 0 Å². The Balaban J connectivity index is 2.55. The van der Waals surface area contributed by atoms with Crippen molar-refractivity contribution in [3.05, 3.63) is 18.0 Å². The first-order valence-electron chi connectivity index (χ1n) is 5.82. The number of rotatable bonds is 7. The van der Waals surface area contributed by atoms with Gasteiger partial charge in [0.25, 0.3) is 0 Å². The highest BCUT2D eigenvalue weighted by Gasteiger charge is 2.13. The fraction of sp³-hybridized carbons (Fsp3) is 0.727. The van der Waals surface area contributed by atoms with Crippen LogP contribution in [0.4, 0.5) is 0 Å². The molecule has 0 radical (unpaired) electrons. The molecule has 0 saturated carbocycles. The highest BCUT2D eigenvalue weighted by Crippen LogP contribution is 2.17. The summed E-state index contributed by atoms with van der Waals surface area (Å²) in [5, 5.41) is 7.49. The van der Waals surface area contributed by atoms with Crippen molar-refractivity contribution in [2.75, 3.05) is 18.6 Å². The lowest BCUT2D eigenvalue weighted by molar-refractivity contribution is 0.506. The van der Waals surface area contributed by atoms with Gasteiger partial charge < -0.3 is 5.32 Å². The first-order valence-corrected chi connectivity index (χ1v) is 7.88. The minimum atomic E-state index is -2.86. The monoisotopic (exact) mass is 259 g/mol. The summed E-state index contributed by atoms with van der Waals surface area (Å²) in [5.74, 6) is 0.245. The highest BCUT2D eigenvalue weighted by molar-refractivity contribution is 7.90. The van der Waals surface area contributed by atoms with Gasteiger partial charge in [-0.2, -0.15) is 5.10 Å². The molecule has 0 spiro atoms. The summed E-state index contributed by atoms with van der Waals surface area (Å²) < 4.78 is 23.9. The molecule has 1 atom stereocenters. The first-order chi connectivity index (χ1) is 7.92. The molecule has 0 bridgehead atoms.